The second kappa shape index (κ2) is 1.54. The van der Waals surface area contributed by atoms with Gasteiger partial charge in [0, 0.05) is 13.2 Å². The first-order chi connectivity index (χ1) is 3.29. The number of hydrogen-bond donors (Lipinski definition) is 1. The van der Waals surface area contributed by atoms with Gasteiger partial charge in [-0.15, -0.1) is 0 Å². The number of hydrogen-bond acceptors (Lipinski definition) is 2. The normalized spacial score (nSPS) is 29.4. The van der Waals surface area contributed by atoms with E-state index in [1.807, 2.05) is 18.3 Å². The number of rotatable bonds is 0. The first-order valence-corrected chi connectivity index (χ1v) is 2.37. The Morgan fingerprint density at radius 1 is 1.86 bits per heavy atom. The van der Waals surface area contributed by atoms with Crippen molar-refractivity contribution in [3.05, 3.63) is 12.3 Å². The maximum Gasteiger partial charge on any atom is 0.0502 e. The predicted molar refractivity (Wildman–Crippen MR) is 28.2 cm³/mol. The third-order valence-corrected chi connectivity index (χ3v) is 0.915. The van der Waals surface area contributed by atoms with Crippen molar-refractivity contribution in [3.8, 4) is 0 Å². The number of nitrogens with zero attached hydrogens (tertiary/aromatic N) is 1. The van der Waals surface area contributed by atoms with Crippen LogP contribution in [0.4, 0.5) is 0 Å². The van der Waals surface area contributed by atoms with Crippen molar-refractivity contribution in [2.75, 3.05) is 7.05 Å². The molecule has 2 heteroatoms. The van der Waals surface area contributed by atoms with E-state index in [0.717, 1.165) is 0 Å². The van der Waals surface area contributed by atoms with Gasteiger partial charge < -0.3 is 5.01 Å². The van der Waals surface area contributed by atoms with Gasteiger partial charge in [0.05, 0.1) is 6.04 Å². The van der Waals surface area contributed by atoms with Crippen LogP contribution in [0.3, 0.4) is 0 Å². The molecule has 0 amide bonds. The minimum absolute atomic E-state index is 0.394. The minimum atomic E-state index is 0.394. The molecule has 0 saturated heterocycles. The molecule has 1 N–H and O–H groups in total. The molecule has 1 unspecified atom stereocenters. The Hall–Kier alpha value is -0.500. The van der Waals surface area contributed by atoms with E-state index in [1.54, 1.807) is 0 Å². The van der Waals surface area contributed by atoms with Gasteiger partial charge in [-0.25, -0.2) is 5.43 Å². The fraction of sp³-hybridized carbons (Fsp3) is 0.600. The van der Waals surface area contributed by atoms with Crippen molar-refractivity contribution in [2.24, 2.45) is 0 Å². The average Bonchev–Trinajstić information content (AvgIpc) is 1.87. The zero-order valence-corrected chi connectivity index (χ0v) is 4.60. The molecule has 0 spiro atoms. The Labute approximate surface area is 43.8 Å². The lowest BCUT2D eigenvalue weighted by Gasteiger charge is -2.09. The molecular weight excluding hydrogens is 88.1 g/mol. The summed E-state index contributed by atoms with van der Waals surface area (Å²) in [5, 5.41) is 1.89. The van der Waals surface area contributed by atoms with Gasteiger partial charge in [-0.1, -0.05) is 0 Å². The molecule has 1 radical (unpaired) electrons. The Balaban J connectivity index is 2.42. The van der Waals surface area contributed by atoms with Crippen molar-refractivity contribution in [1.82, 2.24) is 10.4 Å². The van der Waals surface area contributed by atoms with E-state index in [2.05, 4.69) is 18.4 Å². The zero-order valence-electron chi connectivity index (χ0n) is 4.60. The Kier molecular flexibility index (Phi) is 1.02. The summed E-state index contributed by atoms with van der Waals surface area (Å²) >= 11 is 0. The molecule has 0 bridgehead atoms. The van der Waals surface area contributed by atoms with Crippen LogP contribution in [0, 0.1) is 6.08 Å². The van der Waals surface area contributed by atoms with E-state index < -0.39 is 0 Å². The quantitative estimate of drug-likeness (QED) is 0.462. The molecule has 39 valence electrons. The molecule has 0 fully saturated rings. The first kappa shape index (κ1) is 4.65. The summed E-state index contributed by atoms with van der Waals surface area (Å²) in [4.78, 5) is 0. The SMILES string of the molecule is CC1[C]=CN(C)N1. The van der Waals surface area contributed by atoms with Gasteiger partial charge in [-0.05, 0) is 13.0 Å². The molecule has 2 nitrogen and oxygen atoms in total. The van der Waals surface area contributed by atoms with Crippen molar-refractivity contribution in [1.29, 1.82) is 0 Å². The van der Waals surface area contributed by atoms with Gasteiger partial charge in [0.25, 0.3) is 0 Å². The summed E-state index contributed by atoms with van der Waals surface area (Å²) in [7, 11) is 1.95. The third kappa shape index (κ3) is 0.933. The Morgan fingerprint density at radius 3 is 2.71 bits per heavy atom. The van der Waals surface area contributed by atoms with Crippen LogP contribution in [0.25, 0.3) is 0 Å². The topological polar surface area (TPSA) is 15.3 Å². The Bertz CT molecular complexity index is 78.1. The fourth-order valence-corrected chi connectivity index (χ4v) is 0.604. The second-order valence-electron chi connectivity index (χ2n) is 1.76. The predicted octanol–water partition coefficient (Wildman–Crippen LogP) is 0.142. The lowest BCUT2D eigenvalue weighted by atomic mass is 10.4. The van der Waals surface area contributed by atoms with Gasteiger partial charge in [-0.3, -0.25) is 0 Å². The molecule has 0 aliphatic carbocycles. The highest BCUT2D eigenvalue weighted by molar-refractivity contribution is 4.86. The lowest BCUT2D eigenvalue weighted by Crippen LogP contribution is -2.29. The minimum Gasteiger partial charge on any atom is -0.318 e. The molecule has 1 atom stereocenters. The number of hydrazine groups is 1. The monoisotopic (exact) mass is 97.1 g/mol. The smallest absolute Gasteiger partial charge is 0.0502 e. The van der Waals surface area contributed by atoms with E-state index in [0.29, 0.717) is 6.04 Å². The maximum absolute atomic E-state index is 3.08. The van der Waals surface area contributed by atoms with Crippen LogP contribution in [-0.4, -0.2) is 18.1 Å². The highest BCUT2D eigenvalue weighted by Crippen LogP contribution is 1.93. The molecule has 7 heavy (non-hydrogen) atoms. The van der Waals surface area contributed by atoms with Gasteiger partial charge in [0.2, 0.25) is 0 Å². The van der Waals surface area contributed by atoms with Crippen LogP contribution in [0.15, 0.2) is 6.20 Å². The molecule has 0 saturated carbocycles. The second-order valence-corrected chi connectivity index (χ2v) is 1.76. The van der Waals surface area contributed by atoms with Crippen LogP contribution in [0.1, 0.15) is 6.92 Å². The summed E-state index contributed by atoms with van der Waals surface area (Å²) in [5.41, 5.74) is 3.08. The van der Waals surface area contributed by atoms with E-state index in [4.69, 9.17) is 0 Å². The van der Waals surface area contributed by atoms with Gasteiger partial charge in [0.1, 0.15) is 0 Å². The molecule has 1 rings (SSSR count). The molecule has 1 aliphatic heterocycles. The molecule has 1 heterocycles. The first-order valence-electron chi connectivity index (χ1n) is 2.37. The van der Waals surface area contributed by atoms with Crippen LogP contribution in [-0.2, 0) is 0 Å². The van der Waals surface area contributed by atoms with Gasteiger partial charge in [-0.2, -0.15) is 0 Å². The van der Waals surface area contributed by atoms with E-state index in [-0.39, 0.29) is 0 Å². The lowest BCUT2D eigenvalue weighted by molar-refractivity contribution is 0.338. The molecule has 0 aromatic heterocycles. The fourth-order valence-electron chi connectivity index (χ4n) is 0.604. The molecule has 1 aliphatic rings. The number of nitrogens with one attached hydrogen (secondary N) is 1. The summed E-state index contributed by atoms with van der Waals surface area (Å²) in [6, 6.07) is 0.394. The van der Waals surface area contributed by atoms with Crippen molar-refractivity contribution < 1.29 is 0 Å². The summed E-state index contributed by atoms with van der Waals surface area (Å²) < 4.78 is 0. The maximum atomic E-state index is 3.08. The Morgan fingerprint density at radius 2 is 2.57 bits per heavy atom. The summed E-state index contributed by atoms with van der Waals surface area (Å²) in [5.74, 6) is 0. The van der Waals surface area contributed by atoms with Crippen LogP contribution in [0.5, 0.6) is 0 Å². The van der Waals surface area contributed by atoms with Gasteiger partial charge in [0.15, 0.2) is 0 Å². The summed E-state index contributed by atoms with van der Waals surface area (Å²) in [6.45, 7) is 2.06. The average molecular weight is 97.1 g/mol. The molecule has 0 aromatic carbocycles. The highest BCUT2D eigenvalue weighted by Gasteiger charge is 2.03. The van der Waals surface area contributed by atoms with Crippen molar-refractivity contribution in [2.45, 2.75) is 13.0 Å². The van der Waals surface area contributed by atoms with Crippen LogP contribution >= 0.6 is 0 Å². The van der Waals surface area contributed by atoms with E-state index in [9.17, 15) is 0 Å². The third-order valence-electron chi connectivity index (χ3n) is 0.915. The largest absolute Gasteiger partial charge is 0.318 e. The van der Waals surface area contributed by atoms with Crippen LogP contribution in [0.2, 0.25) is 0 Å². The van der Waals surface area contributed by atoms with Crippen molar-refractivity contribution >= 4 is 0 Å². The molecule has 0 aromatic rings. The standard InChI is InChI=1S/C5H9N2/c1-5-3-4-7(2)6-5/h4-6H,1-2H3. The van der Waals surface area contributed by atoms with Crippen LogP contribution < -0.4 is 5.43 Å². The van der Waals surface area contributed by atoms with Crippen molar-refractivity contribution in [3.63, 3.8) is 0 Å². The zero-order chi connectivity index (χ0) is 5.28. The van der Waals surface area contributed by atoms with E-state index in [1.165, 1.54) is 0 Å². The highest BCUT2D eigenvalue weighted by atomic mass is 15.5. The summed E-state index contributed by atoms with van der Waals surface area (Å²) in [6.07, 6.45) is 4.95. The molecular formula is C5H9N2. The van der Waals surface area contributed by atoms with Gasteiger partial charge >= 0.3 is 0 Å². The van der Waals surface area contributed by atoms with E-state index >= 15 is 0 Å².